The lowest BCUT2D eigenvalue weighted by Crippen LogP contribution is -2.01. The van der Waals surface area contributed by atoms with Crippen LogP contribution in [0.5, 0.6) is 0 Å². The molecule has 0 aliphatic rings. The zero-order chi connectivity index (χ0) is 14.0. The topological polar surface area (TPSA) is 25.8 Å². The molecule has 0 atom stereocenters. The number of hydrogen-bond donors (Lipinski definition) is 0. The van der Waals surface area contributed by atoms with Crippen LogP contribution in [0.25, 0.3) is 11.4 Å². The molecule has 0 bridgehead atoms. The summed E-state index contributed by atoms with van der Waals surface area (Å²) in [5.74, 6) is -2.17. The van der Waals surface area contributed by atoms with E-state index in [2.05, 4.69) is 25.9 Å². The third-order valence-corrected chi connectivity index (χ3v) is 3.03. The molecule has 0 saturated carbocycles. The summed E-state index contributed by atoms with van der Waals surface area (Å²) in [7, 11) is 0. The van der Waals surface area contributed by atoms with Crippen LogP contribution in [-0.2, 0) is 5.33 Å². The van der Waals surface area contributed by atoms with Crippen molar-refractivity contribution in [2.45, 2.75) is 11.8 Å². The van der Waals surface area contributed by atoms with E-state index in [1.807, 2.05) is 0 Å². The Bertz CT molecular complexity index is 604. The monoisotopic (exact) mass is 334 g/mol. The maximum absolute atomic E-state index is 13.1. The first kappa shape index (κ1) is 13.9. The second-order valence-electron chi connectivity index (χ2n) is 3.67. The van der Waals surface area contributed by atoms with Gasteiger partial charge in [-0.25, -0.2) is 27.5 Å². The zero-order valence-electron chi connectivity index (χ0n) is 9.38. The van der Waals surface area contributed by atoms with Crippen LogP contribution in [0.2, 0.25) is 0 Å². The Morgan fingerprint density at radius 2 is 1.89 bits per heavy atom. The highest BCUT2D eigenvalue weighted by Gasteiger charge is 2.17. The van der Waals surface area contributed by atoms with Crippen LogP contribution in [0, 0.1) is 11.6 Å². The second-order valence-corrected chi connectivity index (χ2v) is 4.23. The molecule has 2 rings (SSSR count). The highest BCUT2D eigenvalue weighted by molar-refractivity contribution is 9.08. The molecule has 0 N–H and O–H groups in total. The van der Waals surface area contributed by atoms with Gasteiger partial charge >= 0.3 is 0 Å². The summed E-state index contributed by atoms with van der Waals surface area (Å²) in [6.45, 7) is 0. The molecule has 1 aromatic heterocycles. The number of benzene rings is 1. The summed E-state index contributed by atoms with van der Waals surface area (Å²) in [6.07, 6.45) is -1.53. The summed E-state index contributed by atoms with van der Waals surface area (Å²) in [5.41, 5.74) is -0.0325. The summed E-state index contributed by atoms with van der Waals surface area (Å²) in [5, 5.41) is 0.185. The molecule has 0 fully saturated rings. The molecule has 0 aliphatic heterocycles. The van der Waals surface area contributed by atoms with E-state index in [9.17, 15) is 17.6 Å². The van der Waals surface area contributed by atoms with Crippen molar-refractivity contribution in [1.82, 2.24) is 9.97 Å². The van der Waals surface area contributed by atoms with Crippen LogP contribution in [0.1, 0.15) is 17.7 Å². The first-order valence-electron chi connectivity index (χ1n) is 5.18. The van der Waals surface area contributed by atoms with E-state index >= 15 is 0 Å². The van der Waals surface area contributed by atoms with Gasteiger partial charge in [0.05, 0.1) is 0 Å². The van der Waals surface area contributed by atoms with Gasteiger partial charge in [0, 0.05) is 22.7 Å². The first-order chi connectivity index (χ1) is 9.02. The van der Waals surface area contributed by atoms with Gasteiger partial charge in [-0.05, 0) is 18.2 Å². The van der Waals surface area contributed by atoms with Crippen molar-refractivity contribution < 1.29 is 17.6 Å². The van der Waals surface area contributed by atoms with Crippen LogP contribution in [0.15, 0.2) is 24.4 Å². The van der Waals surface area contributed by atoms with E-state index in [1.165, 1.54) is 12.3 Å². The van der Waals surface area contributed by atoms with Gasteiger partial charge in [0.15, 0.2) is 17.5 Å². The Morgan fingerprint density at radius 3 is 2.47 bits per heavy atom. The van der Waals surface area contributed by atoms with Gasteiger partial charge in [0.1, 0.15) is 5.69 Å². The van der Waals surface area contributed by atoms with Crippen molar-refractivity contribution in [3.63, 3.8) is 0 Å². The average molecular weight is 335 g/mol. The number of alkyl halides is 3. The largest absolute Gasteiger partial charge is 0.280 e. The first-order valence-corrected chi connectivity index (χ1v) is 6.30. The normalized spacial score (nSPS) is 11.1. The Balaban J connectivity index is 2.50. The van der Waals surface area contributed by atoms with Crippen molar-refractivity contribution in [3.8, 4) is 11.4 Å². The maximum atomic E-state index is 13.1. The van der Waals surface area contributed by atoms with Gasteiger partial charge in [-0.1, -0.05) is 15.9 Å². The lowest BCUT2D eigenvalue weighted by Gasteiger charge is -2.07. The van der Waals surface area contributed by atoms with E-state index in [0.717, 1.165) is 12.1 Å². The van der Waals surface area contributed by atoms with E-state index in [1.54, 1.807) is 0 Å². The summed E-state index contributed by atoms with van der Waals surface area (Å²) in [4.78, 5) is 7.57. The Kier molecular flexibility index (Phi) is 4.14. The molecule has 0 aliphatic carbocycles. The molecule has 0 unspecified atom stereocenters. The average Bonchev–Trinajstić information content (AvgIpc) is 2.41. The molecular weight excluding hydrogens is 328 g/mol. The SMILES string of the molecule is Fc1ccc(-c2ncc(CBr)c(C(F)F)n2)cc1F. The minimum absolute atomic E-state index is 0.0705. The van der Waals surface area contributed by atoms with Crippen molar-refractivity contribution >= 4 is 15.9 Å². The number of nitrogens with zero attached hydrogens (tertiary/aromatic N) is 2. The molecule has 7 heteroatoms. The van der Waals surface area contributed by atoms with Crippen molar-refractivity contribution in [2.24, 2.45) is 0 Å². The molecule has 0 spiro atoms. The van der Waals surface area contributed by atoms with E-state index < -0.39 is 23.8 Å². The second kappa shape index (κ2) is 5.64. The minimum atomic E-state index is -2.76. The molecule has 100 valence electrons. The molecule has 1 heterocycles. The fourth-order valence-electron chi connectivity index (χ4n) is 1.49. The number of halogens is 5. The quantitative estimate of drug-likeness (QED) is 0.619. The molecule has 2 aromatic rings. The number of aromatic nitrogens is 2. The van der Waals surface area contributed by atoms with Crippen LogP contribution in [0.4, 0.5) is 17.6 Å². The van der Waals surface area contributed by atoms with Crippen LogP contribution >= 0.6 is 15.9 Å². The minimum Gasteiger partial charge on any atom is -0.236 e. The van der Waals surface area contributed by atoms with Crippen molar-refractivity contribution in [3.05, 3.63) is 47.3 Å². The molecule has 0 saturated heterocycles. The van der Waals surface area contributed by atoms with E-state index in [-0.39, 0.29) is 22.3 Å². The highest BCUT2D eigenvalue weighted by Crippen LogP contribution is 2.25. The predicted molar refractivity (Wildman–Crippen MR) is 65.0 cm³/mol. The lowest BCUT2D eigenvalue weighted by molar-refractivity contribution is 0.145. The molecule has 0 amide bonds. The van der Waals surface area contributed by atoms with Crippen LogP contribution < -0.4 is 0 Å². The lowest BCUT2D eigenvalue weighted by atomic mass is 10.2. The van der Waals surface area contributed by atoms with Gasteiger partial charge in [-0.3, -0.25) is 0 Å². The summed E-state index contributed by atoms with van der Waals surface area (Å²) in [6, 6.07) is 3.00. The third-order valence-electron chi connectivity index (χ3n) is 2.43. The summed E-state index contributed by atoms with van der Waals surface area (Å²) >= 11 is 3.06. The van der Waals surface area contributed by atoms with Gasteiger partial charge in [-0.15, -0.1) is 0 Å². The molecule has 2 nitrogen and oxygen atoms in total. The fraction of sp³-hybridized carbons (Fsp3) is 0.167. The Morgan fingerprint density at radius 1 is 1.16 bits per heavy atom. The van der Waals surface area contributed by atoms with Gasteiger partial charge in [-0.2, -0.15) is 0 Å². The van der Waals surface area contributed by atoms with E-state index in [0.29, 0.717) is 0 Å². The predicted octanol–water partition coefficient (Wildman–Crippen LogP) is 4.25. The van der Waals surface area contributed by atoms with Gasteiger partial charge in [0.25, 0.3) is 6.43 Å². The van der Waals surface area contributed by atoms with Crippen LogP contribution in [-0.4, -0.2) is 9.97 Å². The molecule has 0 radical (unpaired) electrons. The third kappa shape index (κ3) is 2.91. The number of rotatable bonds is 3. The zero-order valence-corrected chi connectivity index (χ0v) is 11.0. The van der Waals surface area contributed by atoms with Gasteiger partial charge in [0.2, 0.25) is 0 Å². The van der Waals surface area contributed by atoms with Crippen molar-refractivity contribution in [1.29, 1.82) is 0 Å². The summed E-state index contributed by atoms with van der Waals surface area (Å²) < 4.78 is 51.5. The highest BCUT2D eigenvalue weighted by atomic mass is 79.9. The smallest absolute Gasteiger partial charge is 0.236 e. The van der Waals surface area contributed by atoms with Crippen LogP contribution in [0.3, 0.4) is 0 Å². The fourth-order valence-corrected chi connectivity index (χ4v) is 1.92. The number of hydrogen-bond acceptors (Lipinski definition) is 2. The molecular formula is C12H7BrF4N2. The maximum Gasteiger partial charge on any atom is 0.280 e. The van der Waals surface area contributed by atoms with Crippen molar-refractivity contribution in [2.75, 3.05) is 0 Å². The van der Waals surface area contributed by atoms with E-state index in [4.69, 9.17) is 0 Å². The standard InChI is InChI=1S/C12H7BrF4N2/c13-4-7-5-18-12(19-10(7)11(16)17)6-1-2-8(14)9(15)3-6/h1-3,5,11H,4H2. The molecule has 19 heavy (non-hydrogen) atoms. The molecule has 1 aromatic carbocycles. The Labute approximate surface area is 114 Å². The van der Waals surface area contributed by atoms with Gasteiger partial charge < -0.3 is 0 Å². The Hall–Kier alpha value is -1.50.